The molecule has 2 aromatic heterocycles. The molecule has 0 aliphatic rings. The van der Waals surface area contributed by atoms with Crippen LogP contribution in [0.25, 0.3) is 11.3 Å². The SMILES string of the molecule is Cn1cc(CCC(O)c2cn[nH]c2-c2ccccc2)cn1. The van der Waals surface area contributed by atoms with Gasteiger partial charge >= 0.3 is 0 Å². The summed E-state index contributed by atoms with van der Waals surface area (Å²) in [6, 6.07) is 9.93. The van der Waals surface area contributed by atoms with Crippen molar-refractivity contribution in [1.29, 1.82) is 0 Å². The molecule has 1 aromatic carbocycles. The van der Waals surface area contributed by atoms with Gasteiger partial charge < -0.3 is 5.11 Å². The molecular weight excluding hydrogens is 264 g/mol. The summed E-state index contributed by atoms with van der Waals surface area (Å²) in [5.74, 6) is 0. The second kappa shape index (κ2) is 5.93. The normalized spacial score (nSPS) is 12.5. The molecule has 0 aliphatic heterocycles. The Kier molecular flexibility index (Phi) is 3.83. The lowest BCUT2D eigenvalue weighted by Gasteiger charge is -2.10. The van der Waals surface area contributed by atoms with Gasteiger partial charge in [-0.25, -0.2) is 0 Å². The summed E-state index contributed by atoms with van der Waals surface area (Å²) in [5, 5.41) is 21.6. The van der Waals surface area contributed by atoms with Crippen LogP contribution in [0.4, 0.5) is 0 Å². The second-order valence-electron chi connectivity index (χ2n) is 5.14. The van der Waals surface area contributed by atoms with Crippen molar-refractivity contribution >= 4 is 0 Å². The van der Waals surface area contributed by atoms with E-state index in [0.29, 0.717) is 6.42 Å². The zero-order chi connectivity index (χ0) is 14.7. The molecular formula is C16H18N4O. The third kappa shape index (κ3) is 3.03. The molecule has 0 aliphatic carbocycles. The van der Waals surface area contributed by atoms with Crippen molar-refractivity contribution < 1.29 is 5.11 Å². The minimum absolute atomic E-state index is 0.542. The van der Waals surface area contributed by atoms with Crippen molar-refractivity contribution in [1.82, 2.24) is 20.0 Å². The molecule has 0 saturated carbocycles. The molecule has 0 amide bonds. The number of hydrogen-bond acceptors (Lipinski definition) is 3. The van der Waals surface area contributed by atoms with Gasteiger partial charge in [0.25, 0.3) is 0 Å². The minimum Gasteiger partial charge on any atom is -0.388 e. The van der Waals surface area contributed by atoms with E-state index in [1.54, 1.807) is 10.9 Å². The van der Waals surface area contributed by atoms with E-state index < -0.39 is 6.10 Å². The van der Waals surface area contributed by atoms with Gasteiger partial charge in [0.1, 0.15) is 0 Å². The van der Waals surface area contributed by atoms with Gasteiger partial charge in [-0.15, -0.1) is 0 Å². The molecule has 3 aromatic rings. The van der Waals surface area contributed by atoms with Crippen LogP contribution in [0, 0.1) is 0 Å². The third-order valence-corrected chi connectivity index (χ3v) is 3.55. The van der Waals surface area contributed by atoms with Crippen LogP contribution in [0.15, 0.2) is 48.9 Å². The van der Waals surface area contributed by atoms with Gasteiger partial charge in [0.15, 0.2) is 0 Å². The maximum Gasteiger partial charge on any atom is 0.0830 e. The maximum atomic E-state index is 10.4. The first-order valence-corrected chi connectivity index (χ1v) is 6.98. The molecule has 0 spiro atoms. The number of rotatable bonds is 5. The number of aliphatic hydroxyl groups excluding tert-OH is 1. The first-order chi connectivity index (χ1) is 10.2. The van der Waals surface area contributed by atoms with Crippen LogP contribution < -0.4 is 0 Å². The molecule has 2 N–H and O–H groups in total. The molecule has 5 nitrogen and oxygen atoms in total. The van der Waals surface area contributed by atoms with Crippen molar-refractivity contribution in [3.63, 3.8) is 0 Å². The van der Waals surface area contributed by atoms with E-state index in [9.17, 15) is 5.11 Å². The number of aromatic amines is 1. The Morgan fingerprint density at radius 1 is 1.24 bits per heavy atom. The topological polar surface area (TPSA) is 66.7 Å². The van der Waals surface area contributed by atoms with Gasteiger partial charge in [0, 0.05) is 18.8 Å². The minimum atomic E-state index is -0.542. The fourth-order valence-corrected chi connectivity index (χ4v) is 2.44. The third-order valence-electron chi connectivity index (χ3n) is 3.55. The molecule has 0 radical (unpaired) electrons. The highest BCUT2D eigenvalue weighted by atomic mass is 16.3. The van der Waals surface area contributed by atoms with Crippen LogP contribution in [0.3, 0.4) is 0 Å². The smallest absolute Gasteiger partial charge is 0.0830 e. The van der Waals surface area contributed by atoms with Crippen LogP contribution in [-0.2, 0) is 13.5 Å². The van der Waals surface area contributed by atoms with E-state index in [1.807, 2.05) is 49.8 Å². The predicted molar refractivity (Wildman–Crippen MR) is 80.5 cm³/mol. The second-order valence-corrected chi connectivity index (χ2v) is 5.14. The molecule has 21 heavy (non-hydrogen) atoms. The van der Waals surface area contributed by atoms with E-state index in [4.69, 9.17) is 0 Å². The summed E-state index contributed by atoms with van der Waals surface area (Å²) < 4.78 is 1.77. The number of aromatic nitrogens is 4. The van der Waals surface area contributed by atoms with E-state index >= 15 is 0 Å². The van der Waals surface area contributed by atoms with Crippen LogP contribution in [-0.4, -0.2) is 25.1 Å². The number of nitrogens with zero attached hydrogens (tertiary/aromatic N) is 3. The highest BCUT2D eigenvalue weighted by Gasteiger charge is 2.16. The lowest BCUT2D eigenvalue weighted by molar-refractivity contribution is 0.168. The lowest BCUT2D eigenvalue weighted by atomic mass is 10.00. The molecule has 0 saturated heterocycles. The molecule has 1 unspecified atom stereocenters. The fraction of sp³-hybridized carbons (Fsp3) is 0.250. The zero-order valence-electron chi connectivity index (χ0n) is 11.9. The predicted octanol–water partition coefficient (Wildman–Crippen LogP) is 2.48. The number of aliphatic hydroxyl groups is 1. The van der Waals surface area contributed by atoms with Crippen LogP contribution >= 0.6 is 0 Å². The first kappa shape index (κ1) is 13.6. The summed E-state index contributed by atoms with van der Waals surface area (Å²) in [4.78, 5) is 0. The monoisotopic (exact) mass is 282 g/mol. The zero-order valence-corrected chi connectivity index (χ0v) is 11.9. The molecule has 2 heterocycles. The number of nitrogens with one attached hydrogen (secondary N) is 1. The highest BCUT2D eigenvalue weighted by Crippen LogP contribution is 2.28. The van der Waals surface area contributed by atoms with E-state index in [1.165, 1.54) is 0 Å². The Balaban J connectivity index is 1.73. The average Bonchev–Trinajstić information content (AvgIpc) is 3.14. The Labute approximate surface area is 123 Å². The summed E-state index contributed by atoms with van der Waals surface area (Å²) in [5.41, 5.74) is 3.88. The van der Waals surface area contributed by atoms with Gasteiger partial charge in [0.2, 0.25) is 0 Å². The summed E-state index contributed by atoms with van der Waals surface area (Å²) >= 11 is 0. The van der Waals surface area contributed by atoms with Gasteiger partial charge in [-0.05, 0) is 24.0 Å². The van der Waals surface area contributed by atoms with E-state index in [0.717, 1.165) is 28.8 Å². The standard InChI is InChI=1S/C16H18N4O/c1-20-11-12(9-18-20)7-8-15(21)14-10-17-19-16(14)13-5-3-2-4-6-13/h2-6,9-11,15,21H,7-8H2,1H3,(H,17,19). The largest absolute Gasteiger partial charge is 0.388 e. The lowest BCUT2D eigenvalue weighted by Crippen LogP contribution is -2.00. The summed E-state index contributed by atoms with van der Waals surface area (Å²) in [6.07, 6.45) is 6.40. The Hall–Kier alpha value is -2.40. The molecule has 0 fully saturated rings. The number of hydrogen-bond donors (Lipinski definition) is 2. The van der Waals surface area contributed by atoms with Gasteiger partial charge in [-0.3, -0.25) is 9.78 Å². The van der Waals surface area contributed by atoms with Crippen molar-refractivity contribution in [2.75, 3.05) is 0 Å². The summed E-state index contributed by atoms with van der Waals surface area (Å²) in [7, 11) is 1.89. The van der Waals surface area contributed by atoms with Crippen molar-refractivity contribution in [2.24, 2.45) is 7.05 Å². The number of aryl methyl sites for hydroxylation is 2. The molecule has 1 atom stereocenters. The Bertz CT molecular complexity index is 702. The van der Waals surface area contributed by atoms with E-state index in [-0.39, 0.29) is 0 Å². The Morgan fingerprint density at radius 2 is 2.05 bits per heavy atom. The molecule has 0 bridgehead atoms. The van der Waals surface area contributed by atoms with Crippen LogP contribution in [0.1, 0.15) is 23.7 Å². The quantitative estimate of drug-likeness (QED) is 0.755. The van der Waals surface area contributed by atoms with Crippen LogP contribution in [0.5, 0.6) is 0 Å². The highest BCUT2D eigenvalue weighted by molar-refractivity contribution is 5.62. The van der Waals surface area contributed by atoms with Gasteiger partial charge in [-0.1, -0.05) is 30.3 Å². The molecule has 3 rings (SSSR count). The number of H-pyrrole nitrogens is 1. The van der Waals surface area contributed by atoms with Crippen molar-refractivity contribution in [3.8, 4) is 11.3 Å². The molecule has 108 valence electrons. The van der Waals surface area contributed by atoms with Crippen molar-refractivity contribution in [3.05, 3.63) is 60.0 Å². The first-order valence-electron chi connectivity index (χ1n) is 6.98. The fourth-order valence-electron chi connectivity index (χ4n) is 2.44. The van der Waals surface area contributed by atoms with Gasteiger partial charge in [-0.2, -0.15) is 10.2 Å². The maximum absolute atomic E-state index is 10.4. The van der Waals surface area contributed by atoms with Crippen molar-refractivity contribution in [2.45, 2.75) is 18.9 Å². The number of benzene rings is 1. The van der Waals surface area contributed by atoms with Crippen LogP contribution in [0.2, 0.25) is 0 Å². The van der Waals surface area contributed by atoms with E-state index in [2.05, 4.69) is 15.3 Å². The average molecular weight is 282 g/mol. The Morgan fingerprint density at radius 3 is 2.76 bits per heavy atom. The van der Waals surface area contributed by atoms with Gasteiger partial charge in [0.05, 0.1) is 24.2 Å². The summed E-state index contributed by atoms with van der Waals surface area (Å²) in [6.45, 7) is 0. The molecule has 5 heteroatoms.